The molecule has 1 aliphatic rings. The van der Waals surface area contributed by atoms with Gasteiger partial charge in [0.15, 0.2) is 0 Å². The molecule has 3 aromatic rings. The van der Waals surface area contributed by atoms with Gasteiger partial charge in [-0.05, 0) is 67.3 Å². The minimum absolute atomic E-state index is 0.0274. The van der Waals surface area contributed by atoms with Crippen molar-refractivity contribution in [1.82, 2.24) is 10.2 Å². The van der Waals surface area contributed by atoms with E-state index in [0.717, 1.165) is 30.0 Å². The van der Waals surface area contributed by atoms with Crippen LogP contribution in [-0.4, -0.2) is 43.8 Å². The zero-order valence-corrected chi connectivity index (χ0v) is 24.9. The molecule has 1 atom stereocenters. The van der Waals surface area contributed by atoms with Gasteiger partial charge in [0.1, 0.15) is 18.4 Å². The molecule has 1 saturated carbocycles. The number of halogens is 3. The number of carbonyl (C=O) groups excluding carboxylic acids is 2. The molecule has 1 N–H and O–H groups in total. The van der Waals surface area contributed by atoms with Crippen molar-refractivity contribution in [1.29, 1.82) is 0 Å². The number of hydrogen-bond acceptors (Lipinski definition) is 4. The topological polar surface area (TPSA) is 86.8 Å². The molecule has 218 valence electrons. The number of amides is 2. The van der Waals surface area contributed by atoms with Crippen LogP contribution in [0.2, 0.25) is 10.0 Å². The molecule has 0 bridgehead atoms. The quantitative estimate of drug-likeness (QED) is 0.277. The van der Waals surface area contributed by atoms with E-state index in [-0.39, 0.29) is 45.5 Å². The predicted octanol–water partition coefficient (Wildman–Crippen LogP) is 6.19. The summed E-state index contributed by atoms with van der Waals surface area (Å²) in [4.78, 5) is 28.9. The summed E-state index contributed by atoms with van der Waals surface area (Å²) in [6.45, 7) is 1.11. The van der Waals surface area contributed by atoms with Crippen LogP contribution in [0.1, 0.15) is 44.6 Å². The average Bonchev–Trinajstić information content (AvgIpc) is 3.47. The molecular formula is C30H32Cl2FN3O4S. The zero-order chi connectivity index (χ0) is 29.6. The van der Waals surface area contributed by atoms with Crippen LogP contribution in [0.3, 0.4) is 0 Å². The highest BCUT2D eigenvalue weighted by Crippen LogP contribution is 2.33. The molecule has 0 radical (unpaired) electrons. The number of nitrogens with zero attached hydrogens (tertiary/aromatic N) is 2. The van der Waals surface area contributed by atoms with Crippen molar-refractivity contribution in [3.8, 4) is 0 Å². The lowest BCUT2D eigenvalue weighted by Crippen LogP contribution is -2.53. The first-order chi connectivity index (χ1) is 19.6. The largest absolute Gasteiger partial charge is 0.352 e. The Morgan fingerprint density at radius 1 is 1.00 bits per heavy atom. The number of hydrogen-bond donors (Lipinski definition) is 1. The summed E-state index contributed by atoms with van der Waals surface area (Å²) in [5.74, 6) is -1.38. The SMILES string of the molecule is CC[C@@H](C(=O)NC1CCCC1)N(Cc1ccc(F)cc1)C(=O)CN(c1cc(Cl)ccc1Cl)S(=O)(=O)c1ccccc1. The van der Waals surface area contributed by atoms with Gasteiger partial charge in [-0.2, -0.15) is 0 Å². The van der Waals surface area contributed by atoms with Crippen LogP contribution in [-0.2, 0) is 26.2 Å². The van der Waals surface area contributed by atoms with E-state index >= 15 is 0 Å². The summed E-state index contributed by atoms with van der Waals surface area (Å²) in [5, 5.41) is 3.37. The average molecular weight is 621 g/mol. The Morgan fingerprint density at radius 2 is 1.66 bits per heavy atom. The maximum Gasteiger partial charge on any atom is 0.264 e. The Hall–Kier alpha value is -3.14. The van der Waals surface area contributed by atoms with Crippen molar-refractivity contribution in [2.75, 3.05) is 10.8 Å². The lowest BCUT2D eigenvalue weighted by Gasteiger charge is -2.34. The molecule has 2 amide bonds. The fourth-order valence-electron chi connectivity index (χ4n) is 4.98. The van der Waals surface area contributed by atoms with Crippen LogP contribution in [0.4, 0.5) is 10.1 Å². The monoisotopic (exact) mass is 619 g/mol. The third-order valence-corrected chi connectivity index (χ3v) is 9.47. The van der Waals surface area contributed by atoms with E-state index in [1.807, 2.05) is 0 Å². The van der Waals surface area contributed by atoms with Crippen LogP contribution in [0.5, 0.6) is 0 Å². The molecule has 0 aliphatic heterocycles. The van der Waals surface area contributed by atoms with Crippen molar-refractivity contribution in [3.63, 3.8) is 0 Å². The van der Waals surface area contributed by atoms with Crippen molar-refractivity contribution in [3.05, 3.63) is 94.2 Å². The maximum atomic E-state index is 14.1. The Kier molecular flexibility index (Phi) is 10.3. The second-order valence-corrected chi connectivity index (χ2v) is 12.7. The third-order valence-electron chi connectivity index (χ3n) is 7.14. The van der Waals surface area contributed by atoms with Gasteiger partial charge in [-0.25, -0.2) is 12.8 Å². The zero-order valence-electron chi connectivity index (χ0n) is 22.6. The second kappa shape index (κ2) is 13.7. The van der Waals surface area contributed by atoms with Gasteiger partial charge in [0, 0.05) is 17.6 Å². The minimum atomic E-state index is -4.28. The van der Waals surface area contributed by atoms with Crippen molar-refractivity contribution in [2.45, 2.75) is 62.6 Å². The second-order valence-electron chi connectivity index (χ2n) is 9.98. The highest BCUT2D eigenvalue weighted by atomic mass is 35.5. The predicted molar refractivity (Wildman–Crippen MR) is 159 cm³/mol. The molecule has 0 spiro atoms. The molecule has 1 fully saturated rings. The first-order valence-electron chi connectivity index (χ1n) is 13.5. The van der Waals surface area contributed by atoms with Crippen LogP contribution in [0.25, 0.3) is 0 Å². The standard InChI is InChI=1S/C30H32Cl2FN3O4S/c1-2-27(30(38)34-24-8-6-7-9-24)35(19-21-12-15-23(33)16-13-21)29(37)20-36(28-18-22(31)14-17-26(28)32)41(39,40)25-10-4-3-5-11-25/h3-5,10-18,24,27H,2,6-9,19-20H2,1H3,(H,34,38)/t27-/m0/s1. The number of benzene rings is 3. The molecule has 11 heteroatoms. The number of rotatable bonds is 11. The Bertz CT molecular complexity index is 1470. The normalized spacial score (nSPS) is 14.4. The third kappa shape index (κ3) is 7.58. The van der Waals surface area contributed by atoms with Crippen molar-refractivity contribution in [2.24, 2.45) is 0 Å². The van der Waals surface area contributed by atoms with Crippen LogP contribution < -0.4 is 9.62 Å². The first-order valence-corrected chi connectivity index (χ1v) is 15.7. The van der Waals surface area contributed by atoms with E-state index in [4.69, 9.17) is 23.2 Å². The van der Waals surface area contributed by atoms with E-state index < -0.39 is 34.3 Å². The fraction of sp³-hybridized carbons (Fsp3) is 0.333. The van der Waals surface area contributed by atoms with E-state index in [2.05, 4.69) is 5.32 Å². The smallest absolute Gasteiger partial charge is 0.264 e. The summed E-state index contributed by atoms with van der Waals surface area (Å²) >= 11 is 12.7. The highest BCUT2D eigenvalue weighted by Gasteiger charge is 2.35. The number of nitrogens with one attached hydrogen (secondary N) is 1. The van der Waals surface area contributed by atoms with Gasteiger partial charge in [-0.1, -0.05) is 73.3 Å². The lowest BCUT2D eigenvalue weighted by atomic mass is 10.1. The lowest BCUT2D eigenvalue weighted by molar-refractivity contribution is -0.140. The van der Waals surface area contributed by atoms with Gasteiger partial charge in [0.25, 0.3) is 10.0 Å². The molecule has 4 rings (SSSR count). The Morgan fingerprint density at radius 3 is 2.29 bits per heavy atom. The molecule has 0 heterocycles. The summed E-state index contributed by atoms with van der Waals surface area (Å²) in [5.41, 5.74) is 0.617. The molecule has 1 aliphatic carbocycles. The Labute approximate surface area is 250 Å². The number of carbonyl (C=O) groups is 2. The van der Waals surface area contributed by atoms with Gasteiger partial charge in [0.05, 0.1) is 15.6 Å². The first kappa shape index (κ1) is 30.8. The Balaban J connectivity index is 1.73. The van der Waals surface area contributed by atoms with Gasteiger partial charge < -0.3 is 10.2 Å². The summed E-state index contributed by atoms with van der Waals surface area (Å²) in [7, 11) is -4.28. The molecule has 0 saturated heterocycles. The van der Waals surface area contributed by atoms with Gasteiger partial charge >= 0.3 is 0 Å². The van der Waals surface area contributed by atoms with E-state index in [1.54, 1.807) is 25.1 Å². The minimum Gasteiger partial charge on any atom is -0.352 e. The van der Waals surface area contributed by atoms with Crippen molar-refractivity contribution >= 4 is 50.7 Å². The number of anilines is 1. The van der Waals surface area contributed by atoms with Gasteiger partial charge in [-0.15, -0.1) is 0 Å². The molecule has 41 heavy (non-hydrogen) atoms. The molecule has 3 aromatic carbocycles. The van der Waals surface area contributed by atoms with Gasteiger partial charge in [-0.3, -0.25) is 13.9 Å². The highest BCUT2D eigenvalue weighted by molar-refractivity contribution is 7.92. The van der Waals surface area contributed by atoms with Crippen LogP contribution in [0, 0.1) is 5.82 Å². The molecule has 7 nitrogen and oxygen atoms in total. The maximum absolute atomic E-state index is 14.1. The van der Waals surface area contributed by atoms with E-state index in [9.17, 15) is 22.4 Å². The van der Waals surface area contributed by atoms with E-state index in [1.165, 1.54) is 59.5 Å². The fourth-order valence-corrected chi connectivity index (χ4v) is 6.87. The van der Waals surface area contributed by atoms with Crippen molar-refractivity contribution < 1.29 is 22.4 Å². The van der Waals surface area contributed by atoms with Crippen LogP contribution >= 0.6 is 23.2 Å². The summed E-state index contributed by atoms with van der Waals surface area (Å²) < 4.78 is 42.3. The number of sulfonamides is 1. The van der Waals surface area contributed by atoms with Crippen LogP contribution in [0.15, 0.2) is 77.7 Å². The van der Waals surface area contributed by atoms with Gasteiger partial charge in [0.2, 0.25) is 11.8 Å². The molecule has 0 unspecified atom stereocenters. The summed E-state index contributed by atoms with van der Waals surface area (Å²) in [6.07, 6.45) is 4.06. The van der Waals surface area contributed by atoms with E-state index in [0.29, 0.717) is 5.56 Å². The summed E-state index contributed by atoms with van der Waals surface area (Å²) in [6, 6.07) is 16.8. The molecule has 0 aromatic heterocycles. The molecular weight excluding hydrogens is 588 g/mol.